The Labute approximate surface area is 343 Å². The van der Waals surface area contributed by atoms with Gasteiger partial charge in [0.1, 0.15) is 12.1 Å². The minimum absolute atomic E-state index is 0. The van der Waals surface area contributed by atoms with Crippen LogP contribution in [0.4, 0.5) is 4.79 Å². The van der Waals surface area contributed by atoms with Crippen LogP contribution in [0.5, 0.6) is 0 Å². The van der Waals surface area contributed by atoms with Crippen LogP contribution in [0.2, 0.25) is 0 Å². The number of urea groups is 1. The number of amides is 5. The lowest BCUT2D eigenvalue weighted by molar-refractivity contribution is -0.143. The molecule has 6 rings (SSSR count). The van der Waals surface area contributed by atoms with Crippen LogP contribution in [0.3, 0.4) is 0 Å². The number of ketones is 3. The molecule has 5 aliphatic rings. The van der Waals surface area contributed by atoms with Crippen molar-refractivity contribution in [1.29, 1.82) is 0 Å². The number of carbonyl (C=O) groups is 7. The van der Waals surface area contributed by atoms with E-state index >= 15 is 0 Å². The summed E-state index contributed by atoms with van der Waals surface area (Å²) in [5.41, 5.74) is -0.251. The fourth-order valence-corrected chi connectivity index (χ4v) is 9.91. The van der Waals surface area contributed by atoms with Gasteiger partial charge in [0.2, 0.25) is 23.5 Å². The van der Waals surface area contributed by atoms with E-state index in [2.05, 4.69) is 29.8 Å². The maximum atomic E-state index is 14.2. The lowest BCUT2D eigenvalue weighted by Crippen LogP contribution is -2.64. The molecule has 57 heavy (non-hydrogen) atoms. The van der Waals surface area contributed by atoms with Crippen molar-refractivity contribution in [2.75, 3.05) is 20.6 Å². The predicted molar refractivity (Wildman–Crippen MR) is 224 cm³/mol. The van der Waals surface area contributed by atoms with Crippen molar-refractivity contribution in [2.24, 2.45) is 29.1 Å². The Bertz CT molecular complexity index is 1580. The van der Waals surface area contributed by atoms with Crippen molar-refractivity contribution in [3.63, 3.8) is 0 Å². The highest BCUT2D eigenvalue weighted by Gasteiger charge is 2.52. The van der Waals surface area contributed by atoms with Crippen LogP contribution < -0.4 is 16.0 Å². The average Bonchev–Trinajstić information content (AvgIpc) is 3.64. The number of carbonyl (C=O) groups excluding carboxylic acids is 7. The highest BCUT2D eigenvalue weighted by atomic mass is 16.2. The molecule has 5 amide bonds. The molecule has 1 aromatic carbocycles. The first-order valence-corrected chi connectivity index (χ1v) is 21.5. The minimum Gasteiger partial charge on any atom is -0.347 e. The van der Waals surface area contributed by atoms with Crippen LogP contribution >= 0.6 is 0 Å². The summed E-state index contributed by atoms with van der Waals surface area (Å²) in [7, 11) is 3.18. The third-order valence-corrected chi connectivity index (χ3v) is 12.1. The van der Waals surface area contributed by atoms with Gasteiger partial charge < -0.3 is 25.8 Å². The maximum absolute atomic E-state index is 14.2. The summed E-state index contributed by atoms with van der Waals surface area (Å²) in [6.07, 6.45) is 9.07. The molecule has 4 bridgehead atoms. The molecule has 320 valence electrons. The van der Waals surface area contributed by atoms with Crippen LogP contribution in [0.15, 0.2) is 30.3 Å². The van der Waals surface area contributed by atoms with Gasteiger partial charge >= 0.3 is 6.03 Å². The number of likely N-dealkylation sites (N-methyl/N-ethyl adjacent to an activating group) is 1. The quantitative estimate of drug-likeness (QED) is 0.155. The molecule has 4 atom stereocenters. The minimum atomic E-state index is -0.939. The molecule has 5 fully saturated rings. The van der Waals surface area contributed by atoms with E-state index in [-0.39, 0.29) is 51.3 Å². The Hall–Kier alpha value is -4.09. The first kappa shape index (κ1) is 45.6. The molecule has 4 saturated carbocycles. The predicted octanol–water partition coefficient (Wildman–Crippen LogP) is 6.81. The number of hydrogen-bond acceptors (Lipinski definition) is 7. The van der Waals surface area contributed by atoms with Gasteiger partial charge in [-0.15, -0.1) is 0 Å². The van der Waals surface area contributed by atoms with E-state index in [0.717, 1.165) is 19.3 Å². The number of likely N-dealkylation sites (tertiary alicyclic amines) is 1. The monoisotopic (exact) mass is 796 g/mol. The zero-order valence-corrected chi connectivity index (χ0v) is 35.8. The topological polar surface area (TPSA) is 162 Å². The van der Waals surface area contributed by atoms with Gasteiger partial charge in [-0.2, -0.15) is 0 Å². The van der Waals surface area contributed by atoms with Gasteiger partial charge in [-0.1, -0.05) is 84.7 Å². The molecule has 0 spiro atoms. The molecule has 0 aromatic heterocycles. The summed E-state index contributed by atoms with van der Waals surface area (Å²) in [4.78, 5) is 96.9. The molecular formula is C45H73N5O7. The van der Waals surface area contributed by atoms with Crippen molar-refractivity contribution in [3.05, 3.63) is 35.9 Å². The van der Waals surface area contributed by atoms with Crippen molar-refractivity contribution < 1.29 is 36.4 Å². The second-order valence-corrected chi connectivity index (χ2v) is 18.6. The lowest BCUT2D eigenvalue weighted by atomic mass is 9.53. The number of Topliss-reactive ketones (excluding diaryl/α,β-unsaturated/α-hetero) is 3. The standard InChI is InChI=1S/C42H61N5O7.C3H8.2H2/c1-7-12-30(36(51)32(48)16-17-34(50)43-35(38(52)46(5)6)29-13-9-8-10-14-29)22-33(49)31-15-11-18-47(31)39(53)37(41(2,3)4)44-40(54)45-42-23-26-19-27(24-42)21-28(20-26)25-42;1-3-2;;/h8-10,13-14,26-28,30-31,35,37H,7,11-12,15-25H2,1-6H3,(H,43,50)(H2,44,45,54);3H2,1-2H3;2*1H/t26?,27?,28?,30?,31-,35-,37+,42?;;;/m0.../s1. The molecule has 12 heteroatoms. The van der Waals surface area contributed by atoms with Crippen molar-refractivity contribution in [2.45, 2.75) is 155 Å². The number of nitrogens with zero attached hydrogens (tertiary/aromatic N) is 2. The molecule has 1 aliphatic heterocycles. The third kappa shape index (κ3) is 12.0. The summed E-state index contributed by atoms with van der Waals surface area (Å²) in [5, 5.41) is 9.02. The maximum Gasteiger partial charge on any atom is 0.315 e. The van der Waals surface area contributed by atoms with Gasteiger partial charge in [0, 0.05) is 54.2 Å². The molecule has 1 aromatic rings. The first-order valence-electron chi connectivity index (χ1n) is 21.5. The number of rotatable bonds is 16. The zero-order chi connectivity index (χ0) is 42.1. The van der Waals surface area contributed by atoms with Crippen molar-refractivity contribution in [3.8, 4) is 0 Å². The van der Waals surface area contributed by atoms with Crippen LogP contribution in [-0.4, -0.2) is 89.2 Å². The van der Waals surface area contributed by atoms with E-state index in [9.17, 15) is 33.6 Å². The molecule has 1 heterocycles. The Balaban J connectivity index is 0.00000233. The average molecular weight is 796 g/mol. The first-order chi connectivity index (χ1) is 26.9. The van der Waals surface area contributed by atoms with Crippen LogP contribution in [0, 0.1) is 29.1 Å². The second-order valence-electron chi connectivity index (χ2n) is 18.6. The second kappa shape index (κ2) is 20.1. The van der Waals surface area contributed by atoms with E-state index in [4.69, 9.17) is 0 Å². The molecule has 12 nitrogen and oxygen atoms in total. The Morgan fingerprint density at radius 3 is 1.98 bits per heavy atom. The summed E-state index contributed by atoms with van der Waals surface area (Å²) in [6, 6.07) is 5.88. The van der Waals surface area contributed by atoms with Crippen LogP contribution in [-0.2, 0) is 28.8 Å². The fourth-order valence-electron chi connectivity index (χ4n) is 9.91. The summed E-state index contributed by atoms with van der Waals surface area (Å²) >= 11 is 0. The highest BCUT2D eigenvalue weighted by Crippen LogP contribution is 2.55. The van der Waals surface area contributed by atoms with E-state index in [1.807, 2.05) is 27.7 Å². The number of nitrogens with one attached hydrogen (secondary N) is 3. The van der Waals surface area contributed by atoms with E-state index < -0.39 is 46.9 Å². The number of benzene rings is 1. The van der Waals surface area contributed by atoms with Crippen LogP contribution in [0.1, 0.15) is 146 Å². The summed E-state index contributed by atoms with van der Waals surface area (Å²) in [5.74, 6) is -1.82. The largest absolute Gasteiger partial charge is 0.347 e. The molecule has 4 aliphatic carbocycles. The van der Waals surface area contributed by atoms with Crippen molar-refractivity contribution in [1.82, 2.24) is 25.8 Å². The van der Waals surface area contributed by atoms with Gasteiger partial charge in [-0.3, -0.25) is 28.8 Å². The van der Waals surface area contributed by atoms with Crippen LogP contribution in [0.25, 0.3) is 0 Å². The van der Waals surface area contributed by atoms with Gasteiger partial charge in [0.25, 0.3) is 0 Å². The SMILES string of the molecule is CCC.CCCC(CC(=O)[C@@H]1CCCN1C(=O)[C@@H](NC(=O)NC12CC3CC(CC(C3)C1)C2)C(C)(C)C)C(=O)C(=O)CCC(=O)N[C@H](C(=O)N(C)C)c1ccccc1.[HH].[HH]. The summed E-state index contributed by atoms with van der Waals surface area (Å²) in [6.45, 7) is 12.2. The third-order valence-electron chi connectivity index (χ3n) is 12.1. The highest BCUT2D eigenvalue weighted by molar-refractivity contribution is 6.38. The lowest BCUT2D eigenvalue weighted by Gasteiger charge is -2.56. The zero-order valence-electron chi connectivity index (χ0n) is 35.8. The van der Waals surface area contributed by atoms with E-state index in [0.29, 0.717) is 55.5 Å². The smallest absolute Gasteiger partial charge is 0.315 e. The number of hydrogen-bond donors (Lipinski definition) is 3. The van der Waals surface area contributed by atoms with Gasteiger partial charge in [-0.25, -0.2) is 4.79 Å². The molecule has 1 unspecified atom stereocenters. The Morgan fingerprint density at radius 2 is 1.46 bits per heavy atom. The molecule has 3 N–H and O–H groups in total. The fraction of sp³-hybridized carbons (Fsp3) is 0.711. The van der Waals surface area contributed by atoms with E-state index in [1.165, 1.54) is 30.6 Å². The van der Waals surface area contributed by atoms with E-state index in [1.54, 1.807) is 49.3 Å². The molecule has 1 saturated heterocycles. The Morgan fingerprint density at radius 1 is 0.877 bits per heavy atom. The van der Waals surface area contributed by atoms with Gasteiger partial charge in [-0.05, 0) is 86.5 Å². The summed E-state index contributed by atoms with van der Waals surface area (Å²) < 4.78 is 0. The molecule has 0 radical (unpaired) electrons. The molecular weight excluding hydrogens is 723 g/mol. The van der Waals surface area contributed by atoms with Crippen molar-refractivity contribution >= 4 is 41.1 Å². The normalized spacial score (nSPS) is 24.9. The van der Waals surface area contributed by atoms with Gasteiger partial charge in [0.05, 0.1) is 6.04 Å². The Kier molecular flexibility index (Phi) is 16.0. The van der Waals surface area contributed by atoms with Gasteiger partial charge in [0.15, 0.2) is 11.6 Å².